The van der Waals surface area contributed by atoms with Crippen LogP contribution in [0.1, 0.15) is 25.1 Å². The number of nitrogens with one attached hydrogen (secondary N) is 2. The summed E-state index contributed by atoms with van der Waals surface area (Å²) in [5.41, 5.74) is 4.53. The van der Waals surface area contributed by atoms with Crippen LogP contribution < -0.4 is 15.8 Å². The highest BCUT2D eigenvalue weighted by Gasteiger charge is 2.24. The van der Waals surface area contributed by atoms with E-state index in [1.165, 1.54) is 10.4 Å². The summed E-state index contributed by atoms with van der Waals surface area (Å²) in [4.78, 5) is 32.3. The van der Waals surface area contributed by atoms with Crippen molar-refractivity contribution in [3.63, 3.8) is 0 Å². The van der Waals surface area contributed by atoms with E-state index in [1.807, 2.05) is 38.1 Å². The number of allylic oxidation sites excluding steroid dienone is 1. The quantitative estimate of drug-likeness (QED) is 0.298. The maximum atomic E-state index is 13.3. The van der Waals surface area contributed by atoms with Gasteiger partial charge in [0.1, 0.15) is 11.1 Å². The number of rotatable bonds is 8. The maximum absolute atomic E-state index is 13.3. The van der Waals surface area contributed by atoms with Crippen molar-refractivity contribution in [2.24, 2.45) is 0 Å². The fraction of sp³-hybridized carbons (Fsp3) is 0.379. The van der Waals surface area contributed by atoms with Crippen molar-refractivity contribution in [3.8, 4) is 11.4 Å². The van der Waals surface area contributed by atoms with Crippen LogP contribution in [0.15, 0.2) is 53.8 Å². The minimum Gasteiger partial charge on any atom is -0.395 e. The Morgan fingerprint density at radius 3 is 2.59 bits per heavy atom. The average Bonchev–Trinajstić information content (AvgIpc) is 3.24. The van der Waals surface area contributed by atoms with Crippen molar-refractivity contribution in [2.45, 2.75) is 32.7 Å². The fourth-order valence-electron chi connectivity index (χ4n) is 4.85. The highest BCUT2D eigenvalue weighted by molar-refractivity contribution is 5.90. The Morgan fingerprint density at radius 2 is 1.90 bits per heavy atom. The number of piperazine rings is 1. The molecule has 1 aliphatic rings. The van der Waals surface area contributed by atoms with Gasteiger partial charge in [-0.25, -0.2) is 9.67 Å². The molecule has 1 fully saturated rings. The number of aryl methyl sites for hydroxylation is 1. The summed E-state index contributed by atoms with van der Waals surface area (Å²) in [6.07, 6.45) is 1.65. The summed E-state index contributed by atoms with van der Waals surface area (Å²) in [5, 5.41) is 16.7. The van der Waals surface area contributed by atoms with Gasteiger partial charge in [0.2, 0.25) is 5.95 Å². The Balaban J connectivity index is 1.55. The first-order valence-electron chi connectivity index (χ1n) is 13.2. The third-order valence-corrected chi connectivity index (χ3v) is 7.30. The van der Waals surface area contributed by atoms with Gasteiger partial charge in [-0.1, -0.05) is 26.0 Å². The zero-order valence-electron chi connectivity index (χ0n) is 23.0. The van der Waals surface area contributed by atoms with Gasteiger partial charge in [0, 0.05) is 48.7 Å². The lowest BCUT2D eigenvalue weighted by Crippen LogP contribution is -2.44. The summed E-state index contributed by atoms with van der Waals surface area (Å²) >= 11 is 0. The number of aliphatic hydroxyl groups excluding tert-OH is 1. The number of H-pyrrole nitrogens is 1. The van der Waals surface area contributed by atoms with Crippen LogP contribution in [0, 0.1) is 6.92 Å². The number of likely N-dealkylation sites (N-methyl/N-ethyl adjacent to an activating group) is 1. The Labute approximate surface area is 228 Å². The van der Waals surface area contributed by atoms with Crippen molar-refractivity contribution in [1.82, 2.24) is 29.6 Å². The van der Waals surface area contributed by atoms with E-state index in [1.54, 1.807) is 6.08 Å². The molecule has 1 saturated heterocycles. The molecule has 10 nitrogen and oxygen atoms in total. The van der Waals surface area contributed by atoms with Crippen molar-refractivity contribution >= 4 is 28.4 Å². The van der Waals surface area contributed by atoms with Crippen LogP contribution in [-0.4, -0.2) is 74.6 Å². The number of hydrogen-bond acceptors (Lipinski definition) is 8. The average molecular weight is 529 g/mol. The maximum Gasteiger partial charge on any atom is 0.278 e. The first-order chi connectivity index (χ1) is 18.7. The molecule has 10 heteroatoms. The number of pyridine rings is 1. The summed E-state index contributed by atoms with van der Waals surface area (Å²) in [6, 6.07) is 11.8. The predicted octanol–water partition coefficient (Wildman–Crippen LogP) is 3.44. The molecule has 3 N–H and O–H groups in total. The molecule has 39 heavy (non-hydrogen) atoms. The summed E-state index contributed by atoms with van der Waals surface area (Å²) in [6.45, 7) is 14.1. The van der Waals surface area contributed by atoms with E-state index >= 15 is 0 Å². The van der Waals surface area contributed by atoms with Gasteiger partial charge in [-0.2, -0.15) is 4.98 Å². The summed E-state index contributed by atoms with van der Waals surface area (Å²) in [5.74, 6) is 0.352. The highest BCUT2D eigenvalue weighted by Crippen LogP contribution is 2.29. The van der Waals surface area contributed by atoms with Crippen LogP contribution in [0.25, 0.3) is 22.4 Å². The number of aromatic amines is 1. The Kier molecular flexibility index (Phi) is 7.24. The van der Waals surface area contributed by atoms with E-state index in [-0.39, 0.29) is 12.2 Å². The van der Waals surface area contributed by atoms with Gasteiger partial charge in [0.25, 0.3) is 5.56 Å². The van der Waals surface area contributed by atoms with E-state index in [0.717, 1.165) is 37.4 Å². The topological polar surface area (TPSA) is 115 Å². The van der Waals surface area contributed by atoms with Crippen molar-refractivity contribution in [2.75, 3.05) is 50.1 Å². The molecule has 1 aromatic carbocycles. The van der Waals surface area contributed by atoms with Crippen LogP contribution in [0.2, 0.25) is 0 Å². The molecule has 204 valence electrons. The van der Waals surface area contributed by atoms with E-state index in [2.05, 4.69) is 57.9 Å². The highest BCUT2D eigenvalue weighted by atomic mass is 16.3. The van der Waals surface area contributed by atoms with Gasteiger partial charge in [0.15, 0.2) is 5.65 Å². The first-order valence-corrected chi connectivity index (χ1v) is 13.2. The van der Waals surface area contributed by atoms with Crippen LogP contribution in [0.4, 0.5) is 17.3 Å². The standard InChI is InChI=1S/C29H36N8O2/c1-6-12-37-27(39)24-25(21-8-7-9-23(31-21)29(3,4)18-38)32-28(33-26(24)34-37)30-20-10-11-22(19(2)17-20)36-15-13-35(5)14-16-36/h6-11,17,38H,1,12-16,18H2,2-5H3,(H2,30,32,33,34). The van der Waals surface area contributed by atoms with Gasteiger partial charge in [-0.05, 0) is 49.9 Å². The molecule has 1 aliphatic heterocycles. The molecule has 4 heterocycles. The minimum atomic E-state index is -0.548. The molecule has 0 bridgehead atoms. The number of aromatic nitrogens is 5. The number of fused-ring (bicyclic) bond motifs is 1. The molecular formula is C29H36N8O2. The molecular weight excluding hydrogens is 492 g/mol. The number of benzene rings is 1. The van der Waals surface area contributed by atoms with Crippen LogP contribution in [0.5, 0.6) is 0 Å². The number of anilines is 3. The Hall–Kier alpha value is -4.02. The van der Waals surface area contributed by atoms with Gasteiger partial charge in [-0.3, -0.25) is 14.9 Å². The first kappa shape index (κ1) is 26.6. The van der Waals surface area contributed by atoms with Crippen LogP contribution in [-0.2, 0) is 12.0 Å². The normalized spacial score (nSPS) is 14.6. The van der Waals surface area contributed by atoms with E-state index in [4.69, 9.17) is 9.97 Å². The second-order valence-corrected chi connectivity index (χ2v) is 10.8. The van der Waals surface area contributed by atoms with Gasteiger partial charge < -0.3 is 20.2 Å². The second-order valence-electron chi connectivity index (χ2n) is 10.8. The number of hydrogen-bond donors (Lipinski definition) is 3. The smallest absolute Gasteiger partial charge is 0.278 e. The Bertz CT molecular complexity index is 1560. The molecule has 0 atom stereocenters. The third-order valence-electron chi connectivity index (χ3n) is 7.30. The lowest BCUT2D eigenvalue weighted by molar-refractivity contribution is 0.215. The van der Waals surface area contributed by atoms with Gasteiger partial charge in [0.05, 0.1) is 18.8 Å². The fourth-order valence-corrected chi connectivity index (χ4v) is 4.85. The summed E-state index contributed by atoms with van der Waals surface area (Å²) < 4.78 is 1.45. The van der Waals surface area contributed by atoms with E-state index in [0.29, 0.717) is 40.6 Å². The zero-order valence-corrected chi connectivity index (χ0v) is 23.0. The molecule has 0 amide bonds. The molecule has 4 aromatic rings. The van der Waals surface area contributed by atoms with Crippen molar-refractivity contribution in [3.05, 3.63) is 70.7 Å². The molecule has 0 radical (unpaired) electrons. The van der Waals surface area contributed by atoms with Crippen LogP contribution >= 0.6 is 0 Å². The molecule has 5 rings (SSSR count). The van der Waals surface area contributed by atoms with E-state index < -0.39 is 5.41 Å². The third kappa shape index (κ3) is 5.30. The molecule has 0 saturated carbocycles. The van der Waals surface area contributed by atoms with E-state index in [9.17, 15) is 9.90 Å². The van der Waals surface area contributed by atoms with Crippen LogP contribution in [0.3, 0.4) is 0 Å². The minimum absolute atomic E-state index is 0.0603. The largest absolute Gasteiger partial charge is 0.395 e. The summed E-state index contributed by atoms with van der Waals surface area (Å²) in [7, 11) is 2.15. The molecule has 0 aliphatic carbocycles. The lowest BCUT2D eigenvalue weighted by Gasteiger charge is -2.35. The number of aliphatic hydroxyl groups is 1. The predicted molar refractivity (Wildman–Crippen MR) is 156 cm³/mol. The van der Waals surface area contributed by atoms with Gasteiger partial charge in [-0.15, -0.1) is 6.58 Å². The lowest BCUT2D eigenvalue weighted by atomic mass is 9.90. The molecule has 3 aromatic heterocycles. The zero-order chi connectivity index (χ0) is 27.7. The molecule has 0 spiro atoms. The monoisotopic (exact) mass is 528 g/mol. The number of nitrogens with zero attached hydrogens (tertiary/aromatic N) is 6. The van der Waals surface area contributed by atoms with Gasteiger partial charge >= 0.3 is 0 Å². The SMILES string of the molecule is C=CCn1[nH]c2nc(Nc3ccc(N4CCN(C)CC4)c(C)c3)nc(-c3cccc(C(C)(C)CO)n3)c2c1=O. The van der Waals surface area contributed by atoms with Crippen molar-refractivity contribution < 1.29 is 5.11 Å². The second kappa shape index (κ2) is 10.6. The Morgan fingerprint density at radius 1 is 1.13 bits per heavy atom. The molecule has 0 unspecified atom stereocenters. The van der Waals surface area contributed by atoms with Crippen molar-refractivity contribution in [1.29, 1.82) is 0 Å².